The van der Waals surface area contributed by atoms with Crippen molar-refractivity contribution in [2.24, 2.45) is 0 Å². The molecule has 5 nitrogen and oxygen atoms in total. The number of carbonyl (C=O) groups is 1. The quantitative estimate of drug-likeness (QED) is 0.698. The number of nitrogens with two attached hydrogens (primary N) is 1. The van der Waals surface area contributed by atoms with E-state index in [4.69, 9.17) is 22.1 Å². The number of anilines is 1. The van der Waals surface area contributed by atoms with Crippen molar-refractivity contribution in [3.8, 4) is 0 Å². The molecule has 0 aromatic carbocycles. The molecular formula is C12H8ClN3O2S. The molecule has 2 N–H and O–H groups in total. The molecule has 0 atom stereocenters. The first kappa shape index (κ1) is 12.1. The van der Waals surface area contributed by atoms with E-state index >= 15 is 0 Å². The van der Waals surface area contributed by atoms with Gasteiger partial charge in [0.2, 0.25) is 0 Å². The van der Waals surface area contributed by atoms with Crippen molar-refractivity contribution in [1.82, 2.24) is 9.97 Å². The lowest BCUT2D eigenvalue weighted by atomic mass is 10.2. The number of halogens is 1. The minimum atomic E-state index is -0.462. The highest BCUT2D eigenvalue weighted by atomic mass is 35.5. The van der Waals surface area contributed by atoms with Gasteiger partial charge in [-0.3, -0.25) is 0 Å². The van der Waals surface area contributed by atoms with Crippen LogP contribution in [0.2, 0.25) is 5.02 Å². The van der Waals surface area contributed by atoms with Gasteiger partial charge in [-0.2, -0.15) is 0 Å². The lowest BCUT2D eigenvalue weighted by molar-refractivity contribution is 0.0607. The Balaban J connectivity index is 2.34. The molecule has 0 radical (unpaired) electrons. The van der Waals surface area contributed by atoms with Gasteiger partial charge in [-0.15, -0.1) is 11.3 Å². The molecular weight excluding hydrogens is 286 g/mol. The number of ether oxygens (including phenoxy) is 1. The Morgan fingerprint density at radius 3 is 3.00 bits per heavy atom. The van der Waals surface area contributed by atoms with Crippen LogP contribution in [0, 0.1) is 0 Å². The third-order valence-corrected chi connectivity index (χ3v) is 4.01. The summed E-state index contributed by atoms with van der Waals surface area (Å²) < 4.78 is 4.69. The Morgan fingerprint density at radius 1 is 1.47 bits per heavy atom. The van der Waals surface area contributed by atoms with Crippen molar-refractivity contribution < 1.29 is 9.53 Å². The molecule has 0 saturated heterocycles. The highest BCUT2D eigenvalue weighted by molar-refractivity contribution is 7.21. The number of hydrogen-bond acceptors (Lipinski definition) is 6. The van der Waals surface area contributed by atoms with Crippen molar-refractivity contribution in [3.05, 3.63) is 28.2 Å². The van der Waals surface area contributed by atoms with Crippen LogP contribution >= 0.6 is 22.9 Å². The monoisotopic (exact) mass is 293 g/mol. The zero-order chi connectivity index (χ0) is 13.6. The molecule has 0 aliphatic carbocycles. The maximum Gasteiger partial charge on any atom is 0.350 e. The van der Waals surface area contributed by atoms with Crippen molar-refractivity contribution in [2.75, 3.05) is 12.8 Å². The molecule has 0 saturated carbocycles. The lowest BCUT2D eigenvalue weighted by Crippen LogP contribution is -2.01. The number of rotatable bonds is 1. The predicted molar refractivity (Wildman–Crippen MR) is 75.7 cm³/mol. The second kappa shape index (κ2) is 4.32. The summed E-state index contributed by atoms with van der Waals surface area (Å²) in [6.07, 6.45) is 1.53. The van der Waals surface area contributed by atoms with Crippen LogP contribution in [0.15, 0.2) is 18.3 Å². The Bertz CT molecular complexity index is 815. The Morgan fingerprint density at radius 2 is 2.26 bits per heavy atom. The molecule has 0 amide bonds. The van der Waals surface area contributed by atoms with Gasteiger partial charge in [-0.25, -0.2) is 14.8 Å². The molecule has 7 heteroatoms. The third kappa shape index (κ3) is 1.89. The number of thiophene rings is 1. The summed E-state index contributed by atoms with van der Waals surface area (Å²) in [5.74, 6) is -0.462. The number of hydrogen-bond donors (Lipinski definition) is 1. The van der Waals surface area contributed by atoms with Gasteiger partial charge in [-0.05, 0) is 12.1 Å². The normalized spacial score (nSPS) is 11.1. The molecule has 96 valence electrons. The second-order valence-corrected chi connectivity index (χ2v) is 5.31. The van der Waals surface area contributed by atoms with Gasteiger partial charge in [-0.1, -0.05) is 11.6 Å². The third-order valence-electron chi connectivity index (χ3n) is 2.70. The van der Waals surface area contributed by atoms with Crippen molar-refractivity contribution in [1.29, 1.82) is 0 Å². The summed E-state index contributed by atoms with van der Waals surface area (Å²) in [7, 11) is 1.32. The van der Waals surface area contributed by atoms with Gasteiger partial charge in [0.25, 0.3) is 0 Å². The summed E-state index contributed by atoms with van der Waals surface area (Å²) in [4.78, 5) is 21.1. The maximum absolute atomic E-state index is 11.6. The number of nitrogen functional groups attached to an aromatic ring is 1. The number of carbonyl (C=O) groups excluding carboxylic acids is 1. The molecule has 0 fully saturated rings. The van der Waals surface area contributed by atoms with Gasteiger partial charge in [0.15, 0.2) is 5.65 Å². The molecule has 0 aliphatic rings. The molecule has 0 bridgehead atoms. The predicted octanol–water partition coefficient (Wildman–Crippen LogP) is 2.87. The van der Waals surface area contributed by atoms with E-state index in [1.807, 2.05) is 6.07 Å². The first-order chi connectivity index (χ1) is 9.10. The van der Waals surface area contributed by atoms with Crippen LogP contribution in [0.1, 0.15) is 9.67 Å². The number of aromatic nitrogens is 2. The van der Waals surface area contributed by atoms with Gasteiger partial charge >= 0.3 is 5.97 Å². The van der Waals surface area contributed by atoms with Gasteiger partial charge in [0.1, 0.15) is 9.71 Å². The summed E-state index contributed by atoms with van der Waals surface area (Å²) in [6, 6.07) is 3.58. The minimum Gasteiger partial charge on any atom is -0.465 e. The van der Waals surface area contributed by atoms with Crippen molar-refractivity contribution >= 4 is 55.8 Å². The molecule has 0 spiro atoms. The second-order valence-electron chi connectivity index (χ2n) is 3.88. The van der Waals surface area contributed by atoms with Crippen LogP contribution < -0.4 is 5.73 Å². The van der Waals surface area contributed by atoms with E-state index in [9.17, 15) is 4.79 Å². The fraction of sp³-hybridized carbons (Fsp3) is 0.0833. The van der Waals surface area contributed by atoms with Crippen LogP contribution in [-0.2, 0) is 4.74 Å². The largest absolute Gasteiger partial charge is 0.465 e. The smallest absolute Gasteiger partial charge is 0.350 e. The van der Waals surface area contributed by atoms with Gasteiger partial charge in [0.05, 0.1) is 17.8 Å². The van der Waals surface area contributed by atoms with E-state index in [1.165, 1.54) is 24.6 Å². The SMILES string of the molecule is COC(=O)c1sc2nc3ncc(Cl)cc3cc2c1N. The molecule has 3 heterocycles. The average molecular weight is 294 g/mol. The number of pyridine rings is 2. The summed E-state index contributed by atoms with van der Waals surface area (Å²) in [5, 5.41) is 2.01. The Hall–Kier alpha value is -1.92. The topological polar surface area (TPSA) is 78.1 Å². The summed E-state index contributed by atoms with van der Waals surface area (Å²) in [6.45, 7) is 0. The molecule has 0 unspecified atom stereocenters. The van der Waals surface area contributed by atoms with Crippen LogP contribution in [-0.4, -0.2) is 23.0 Å². The lowest BCUT2D eigenvalue weighted by Gasteiger charge is -1.98. The van der Waals surface area contributed by atoms with Crippen molar-refractivity contribution in [2.45, 2.75) is 0 Å². The first-order valence-corrected chi connectivity index (χ1v) is 6.52. The number of esters is 1. The van der Waals surface area contributed by atoms with E-state index in [1.54, 1.807) is 6.07 Å². The highest BCUT2D eigenvalue weighted by Gasteiger charge is 2.18. The van der Waals surface area contributed by atoms with Crippen molar-refractivity contribution in [3.63, 3.8) is 0 Å². The molecule has 3 aromatic rings. The number of methoxy groups -OCH3 is 1. The zero-order valence-electron chi connectivity index (χ0n) is 9.81. The van der Waals surface area contributed by atoms with E-state index in [-0.39, 0.29) is 0 Å². The van der Waals surface area contributed by atoms with E-state index in [2.05, 4.69) is 9.97 Å². The first-order valence-electron chi connectivity index (χ1n) is 5.32. The fourth-order valence-corrected chi connectivity index (χ4v) is 2.97. The van der Waals surface area contributed by atoms with Crippen LogP contribution in [0.5, 0.6) is 0 Å². The molecule has 3 rings (SSSR count). The van der Waals surface area contributed by atoms with E-state index in [0.717, 1.165) is 5.39 Å². The summed E-state index contributed by atoms with van der Waals surface area (Å²) >= 11 is 7.09. The van der Waals surface area contributed by atoms with Crippen LogP contribution in [0.25, 0.3) is 21.3 Å². The molecule has 19 heavy (non-hydrogen) atoms. The average Bonchev–Trinajstić information content (AvgIpc) is 2.72. The van der Waals surface area contributed by atoms with Gasteiger partial charge in [0, 0.05) is 17.0 Å². The number of fused-ring (bicyclic) bond motifs is 2. The molecule has 0 aliphatic heterocycles. The van der Waals surface area contributed by atoms with E-state index < -0.39 is 5.97 Å². The maximum atomic E-state index is 11.6. The minimum absolute atomic E-state index is 0.353. The fourth-order valence-electron chi connectivity index (χ4n) is 1.81. The highest BCUT2D eigenvalue weighted by Crippen LogP contribution is 2.34. The number of nitrogens with zero attached hydrogens (tertiary/aromatic N) is 2. The van der Waals surface area contributed by atoms with Crippen LogP contribution in [0.3, 0.4) is 0 Å². The van der Waals surface area contributed by atoms with Gasteiger partial charge < -0.3 is 10.5 Å². The van der Waals surface area contributed by atoms with E-state index in [0.29, 0.717) is 31.5 Å². The summed E-state index contributed by atoms with van der Waals surface area (Å²) in [5.41, 5.74) is 6.90. The van der Waals surface area contributed by atoms with Crippen LogP contribution in [0.4, 0.5) is 5.69 Å². The Kier molecular flexibility index (Phi) is 2.76. The Labute approximate surface area is 117 Å². The standard InChI is InChI=1S/C12H8ClN3O2S/c1-18-12(17)9-8(14)7-3-5-2-6(13)4-15-10(5)16-11(7)19-9/h2-4H,14H2,1H3. The zero-order valence-corrected chi connectivity index (χ0v) is 11.4. The molecule has 3 aromatic heterocycles.